The van der Waals surface area contributed by atoms with Crippen molar-refractivity contribution in [1.29, 1.82) is 0 Å². The molecule has 1 amide bonds. The highest BCUT2D eigenvalue weighted by Gasteiger charge is 2.35. The summed E-state index contributed by atoms with van der Waals surface area (Å²) in [7, 11) is 0. The number of aryl methyl sites for hydroxylation is 2. The Morgan fingerprint density at radius 3 is 2.83 bits per heavy atom. The summed E-state index contributed by atoms with van der Waals surface area (Å²) in [5.74, 6) is -0.194. The molecule has 0 radical (unpaired) electrons. The van der Waals surface area contributed by atoms with E-state index in [4.69, 9.17) is 5.73 Å². The van der Waals surface area contributed by atoms with Crippen molar-refractivity contribution in [3.63, 3.8) is 0 Å². The van der Waals surface area contributed by atoms with Crippen LogP contribution >= 0.6 is 0 Å². The van der Waals surface area contributed by atoms with Crippen LogP contribution in [0.3, 0.4) is 0 Å². The molecule has 0 spiro atoms. The quantitative estimate of drug-likeness (QED) is 0.737. The minimum absolute atomic E-state index is 0.0399. The van der Waals surface area contributed by atoms with E-state index in [2.05, 4.69) is 20.2 Å². The number of aliphatic hydroxyl groups excluding tert-OH is 1. The van der Waals surface area contributed by atoms with E-state index in [0.29, 0.717) is 18.7 Å². The number of hydrogen-bond acceptors (Lipinski definition) is 6. The van der Waals surface area contributed by atoms with Crippen molar-refractivity contribution in [2.24, 2.45) is 5.92 Å². The Balaban J connectivity index is 1.71. The van der Waals surface area contributed by atoms with Crippen LogP contribution in [-0.2, 0) is 6.42 Å². The Bertz CT molecular complexity index is 708. The molecule has 3 heterocycles. The van der Waals surface area contributed by atoms with Crippen LogP contribution in [0.25, 0.3) is 0 Å². The zero-order chi connectivity index (χ0) is 16.6. The second-order valence-corrected chi connectivity index (χ2v) is 6.04. The maximum absolute atomic E-state index is 12.5. The first-order valence-corrected chi connectivity index (χ1v) is 7.52. The lowest BCUT2D eigenvalue weighted by atomic mass is 10.0. The summed E-state index contributed by atoms with van der Waals surface area (Å²) in [6.45, 7) is 4.44. The number of nitrogens with two attached hydrogens (primary N) is 1. The van der Waals surface area contributed by atoms with E-state index < -0.39 is 6.10 Å². The van der Waals surface area contributed by atoms with Gasteiger partial charge in [-0.3, -0.25) is 9.89 Å². The lowest BCUT2D eigenvalue weighted by Crippen LogP contribution is -2.30. The Hall–Kier alpha value is -2.48. The first-order valence-electron chi connectivity index (χ1n) is 7.52. The summed E-state index contributed by atoms with van der Waals surface area (Å²) in [5, 5.41) is 17.3. The highest BCUT2D eigenvalue weighted by atomic mass is 16.3. The van der Waals surface area contributed by atoms with E-state index in [1.165, 1.54) is 0 Å². The van der Waals surface area contributed by atoms with Crippen LogP contribution in [0.1, 0.15) is 27.6 Å². The molecule has 2 aromatic rings. The van der Waals surface area contributed by atoms with Crippen LogP contribution in [0.4, 0.5) is 5.95 Å². The van der Waals surface area contributed by atoms with Gasteiger partial charge in [-0.25, -0.2) is 9.97 Å². The van der Waals surface area contributed by atoms with Gasteiger partial charge in [-0.2, -0.15) is 5.10 Å². The largest absolute Gasteiger partial charge is 0.391 e. The summed E-state index contributed by atoms with van der Waals surface area (Å²) in [5.41, 5.74) is 8.38. The standard InChI is InChI=1S/C15H20N6O2/c1-8-4-12(18-15(16)17-8)14(23)21-6-10(13(22)7-21)5-11-3-9(2)19-20-11/h3-4,10,13,22H,5-7H2,1-2H3,(H,19,20)(H2,16,17,18)/t10-,13-/m1/s1. The monoisotopic (exact) mass is 316 g/mol. The van der Waals surface area contributed by atoms with Crippen LogP contribution in [0.2, 0.25) is 0 Å². The summed E-state index contributed by atoms with van der Waals surface area (Å²) < 4.78 is 0. The Morgan fingerprint density at radius 2 is 2.17 bits per heavy atom. The van der Waals surface area contributed by atoms with E-state index >= 15 is 0 Å². The van der Waals surface area contributed by atoms with Crippen molar-refractivity contribution in [1.82, 2.24) is 25.1 Å². The first kappa shape index (κ1) is 15.4. The molecular formula is C15H20N6O2. The number of carbonyl (C=O) groups is 1. The van der Waals surface area contributed by atoms with Crippen molar-refractivity contribution in [3.8, 4) is 0 Å². The topological polar surface area (TPSA) is 121 Å². The van der Waals surface area contributed by atoms with Gasteiger partial charge in [-0.15, -0.1) is 0 Å². The van der Waals surface area contributed by atoms with Crippen molar-refractivity contribution >= 4 is 11.9 Å². The van der Waals surface area contributed by atoms with E-state index in [-0.39, 0.29) is 30.0 Å². The highest BCUT2D eigenvalue weighted by molar-refractivity contribution is 5.92. The van der Waals surface area contributed by atoms with Gasteiger partial charge in [0.2, 0.25) is 5.95 Å². The number of aromatic amines is 1. The summed E-state index contributed by atoms with van der Waals surface area (Å²) >= 11 is 0. The number of nitrogens with zero attached hydrogens (tertiary/aromatic N) is 4. The molecular weight excluding hydrogens is 296 g/mol. The van der Waals surface area contributed by atoms with Crippen molar-refractivity contribution < 1.29 is 9.90 Å². The molecule has 1 fully saturated rings. The molecule has 8 heteroatoms. The predicted molar refractivity (Wildman–Crippen MR) is 83.6 cm³/mol. The van der Waals surface area contributed by atoms with E-state index in [1.807, 2.05) is 13.0 Å². The van der Waals surface area contributed by atoms with E-state index in [0.717, 1.165) is 11.4 Å². The molecule has 23 heavy (non-hydrogen) atoms. The number of nitrogens with one attached hydrogen (secondary N) is 1. The molecule has 122 valence electrons. The lowest BCUT2D eigenvalue weighted by molar-refractivity contribution is 0.0758. The third-order valence-corrected chi connectivity index (χ3v) is 4.01. The summed E-state index contributed by atoms with van der Waals surface area (Å²) in [6, 6.07) is 3.56. The number of likely N-dealkylation sites (tertiary alicyclic amines) is 1. The number of nitrogen functional groups attached to an aromatic ring is 1. The molecule has 2 aromatic heterocycles. The molecule has 0 aliphatic carbocycles. The zero-order valence-electron chi connectivity index (χ0n) is 13.2. The normalized spacial score (nSPS) is 20.9. The first-order chi connectivity index (χ1) is 10.9. The van der Waals surface area contributed by atoms with Crippen LogP contribution < -0.4 is 5.73 Å². The Morgan fingerprint density at radius 1 is 1.39 bits per heavy atom. The third-order valence-electron chi connectivity index (χ3n) is 4.01. The van der Waals surface area contributed by atoms with E-state index in [1.54, 1.807) is 17.9 Å². The fraction of sp³-hybridized carbons (Fsp3) is 0.467. The average molecular weight is 316 g/mol. The number of H-pyrrole nitrogens is 1. The molecule has 1 saturated heterocycles. The van der Waals surface area contributed by atoms with Gasteiger partial charge >= 0.3 is 0 Å². The van der Waals surface area contributed by atoms with Crippen molar-refractivity contribution in [2.75, 3.05) is 18.8 Å². The van der Waals surface area contributed by atoms with Crippen LogP contribution in [-0.4, -0.2) is 55.3 Å². The fourth-order valence-electron chi connectivity index (χ4n) is 2.93. The van der Waals surface area contributed by atoms with Crippen LogP contribution in [0.5, 0.6) is 0 Å². The minimum atomic E-state index is -0.573. The van der Waals surface area contributed by atoms with E-state index in [9.17, 15) is 9.90 Å². The number of amides is 1. The molecule has 0 aromatic carbocycles. The smallest absolute Gasteiger partial charge is 0.272 e. The number of aromatic nitrogens is 4. The molecule has 2 atom stereocenters. The number of β-amino-alcohol motifs (C(OH)–C–C–N with tert-alkyl or cyclic N) is 1. The Kier molecular flexibility index (Phi) is 3.99. The number of hydrogen-bond donors (Lipinski definition) is 3. The van der Waals surface area contributed by atoms with Gasteiger partial charge in [-0.05, 0) is 32.4 Å². The van der Waals surface area contributed by atoms with Gasteiger partial charge in [-0.1, -0.05) is 0 Å². The number of rotatable bonds is 3. The van der Waals surface area contributed by atoms with Gasteiger partial charge < -0.3 is 15.7 Å². The number of carbonyl (C=O) groups excluding carboxylic acids is 1. The maximum Gasteiger partial charge on any atom is 0.272 e. The van der Waals surface area contributed by atoms with Crippen LogP contribution in [0, 0.1) is 19.8 Å². The van der Waals surface area contributed by atoms with Crippen molar-refractivity contribution in [3.05, 3.63) is 34.9 Å². The third kappa shape index (κ3) is 3.31. The predicted octanol–water partition coefficient (Wildman–Crippen LogP) is 0.0743. The fourth-order valence-corrected chi connectivity index (χ4v) is 2.93. The average Bonchev–Trinajstić information content (AvgIpc) is 3.04. The van der Waals surface area contributed by atoms with Gasteiger partial charge in [0.05, 0.1) is 11.8 Å². The zero-order valence-corrected chi connectivity index (χ0v) is 13.2. The second-order valence-electron chi connectivity index (χ2n) is 6.04. The molecule has 0 bridgehead atoms. The molecule has 0 saturated carbocycles. The SMILES string of the molecule is Cc1cc(C(=O)N2C[C@@H](Cc3cc(C)[nH]n3)[C@H](O)C2)nc(N)n1. The summed E-state index contributed by atoms with van der Waals surface area (Å²) in [6.07, 6.45) is 0.0523. The van der Waals surface area contributed by atoms with Gasteiger partial charge in [0.1, 0.15) is 5.69 Å². The number of anilines is 1. The molecule has 0 unspecified atom stereocenters. The van der Waals surface area contributed by atoms with Gasteiger partial charge in [0.25, 0.3) is 5.91 Å². The molecule has 3 rings (SSSR count). The molecule has 4 N–H and O–H groups in total. The molecule has 1 aliphatic heterocycles. The maximum atomic E-state index is 12.5. The van der Waals surface area contributed by atoms with Crippen molar-refractivity contribution in [2.45, 2.75) is 26.4 Å². The van der Waals surface area contributed by atoms with Gasteiger partial charge in [0.15, 0.2) is 0 Å². The summed E-state index contributed by atoms with van der Waals surface area (Å²) in [4.78, 5) is 22.1. The minimum Gasteiger partial charge on any atom is -0.391 e. The molecule has 8 nitrogen and oxygen atoms in total. The highest BCUT2D eigenvalue weighted by Crippen LogP contribution is 2.22. The van der Waals surface area contributed by atoms with Gasteiger partial charge in [0, 0.05) is 30.4 Å². The molecule has 1 aliphatic rings. The number of aliphatic hydroxyl groups is 1. The lowest BCUT2D eigenvalue weighted by Gasteiger charge is -2.15. The second kappa shape index (κ2) is 5.96. The Labute approximate surface area is 133 Å². The van der Waals surface area contributed by atoms with Crippen LogP contribution in [0.15, 0.2) is 12.1 Å².